The number of nitrogens with one attached hydrogen (secondary N) is 5. The molecule has 0 rings (SSSR count). The van der Waals surface area contributed by atoms with E-state index < -0.39 is 53.4 Å². The summed E-state index contributed by atoms with van der Waals surface area (Å²) < 4.78 is 5.22. The summed E-state index contributed by atoms with van der Waals surface area (Å²) in [4.78, 5) is 85.7. The quantitative estimate of drug-likeness (QED) is 0.0742. The van der Waals surface area contributed by atoms with Crippen LogP contribution >= 0.6 is 0 Å². The largest absolute Gasteiger partial charge is 0.369 e. The Labute approximate surface area is 241 Å². The van der Waals surface area contributed by atoms with E-state index in [1.54, 1.807) is 48.5 Å². The van der Waals surface area contributed by atoms with Gasteiger partial charge in [-0.2, -0.15) is 0 Å². The average Bonchev–Trinajstić information content (AvgIpc) is 2.89. The van der Waals surface area contributed by atoms with E-state index in [-0.39, 0.29) is 63.7 Å². The average molecular weight is 586 g/mol. The lowest BCUT2D eigenvalue weighted by molar-refractivity contribution is -0.137. The lowest BCUT2D eigenvalue weighted by Gasteiger charge is -2.25. The van der Waals surface area contributed by atoms with Crippen LogP contribution in [-0.2, 0) is 38.3 Å². The fourth-order valence-electron chi connectivity index (χ4n) is 3.16. The fraction of sp³-hybridized carbons (Fsp3) is 0.731. The van der Waals surface area contributed by atoms with Crippen LogP contribution in [0.15, 0.2) is 0 Å². The monoisotopic (exact) mass is 585 g/mol. The first-order valence-electron chi connectivity index (χ1n) is 13.6. The molecule has 0 aliphatic carbocycles. The number of primary amides is 1. The molecule has 0 aromatic rings. The predicted molar refractivity (Wildman–Crippen MR) is 149 cm³/mol. The molecular formula is C26H47N7O8. The first kappa shape index (κ1) is 37.2. The molecule has 15 nitrogen and oxygen atoms in total. The maximum absolute atomic E-state index is 12.5. The Morgan fingerprint density at radius 1 is 0.829 bits per heavy atom. The van der Waals surface area contributed by atoms with Gasteiger partial charge in [-0.05, 0) is 33.6 Å². The summed E-state index contributed by atoms with van der Waals surface area (Å²) in [7, 11) is 0. The van der Waals surface area contributed by atoms with Gasteiger partial charge >= 0.3 is 0 Å². The number of amides is 7. The van der Waals surface area contributed by atoms with E-state index in [0.29, 0.717) is 0 Å². The number of carbonyl (C=O) groups excluding carboxylic acids is 7. The van der Waals surface area contributed by atoms with Crippen molar-refractivity contribution in [1.82, 2.24) is 31.5 Å². The van der Waals surface area contributed by atoms with E-state index >= 15 is 0 Å². The molecule has 0 fully saturated rings. The maximum Gasteiger partial charge on any atom is 0.243 e. The van der Waals surface area contributed by atoms with E-state index in [1.807, 2.05) is 0 Å². The molecule has 0 radical (unpaired) electrons. The molecule has 7 amide bonds. The van der Waals surface area contributed by atoms with Crippen LogP contribution in [0.5, 0.6) is 0 Å². The number of hydrogen-bond acceptors (Lipinski definition) is 8. The highest BCUT2D eigenvalue weighted by atomic mass is 16.5. The van der Waals surface area contributed by atoms with Gasteiger partial charge in [0.1, 0.15) is 12.8 Å². The molecule has 1 atom stereocenters. The Morgan fingerprint density at radius 2 is 1.44 bits per heavy atom. The number of nitrogens with zero attached hydrogens (tertiary/aromatic N) is 1. The zero-order valence-electron chi connectivity index (χ0n) is 25.2. The molecule has 0 aliphatic heterocycles. The highest BCUT2D eigenvalue weighted by Crippen LogP contribution is 2.13. The molecule has 7 N–H and O–H groups in total. The van der Waals surface area contributed by atoms with Crippen molar-refractivity contribution < 1.29 is 38.3 Å². The van der Waals surface area contributed by atoms with Crippen LogP contribution in [0.1, 0.15) is 61.3 Å². The van der Waals surface area contributed by atoms with Crippen LogP contribution in [0.2, 0.25) is 0 Å². The van der Waals surface area contributed by atoms with Crippen LogP contribution in [-0.4, -0.2) is 97.9 Å². The Morgan fingerprint density at radius 3 is 1.98 bits per heavy atom. The van der Waals surface area contributed by atoms with Crippen molar-refractivity contribution in [1.29, 1.82) is 0 Å². The molecule has 0 heterocycles. The molecule has 0 aromatic carbocycles. The van der Waals surface area contributed by atoms with Gasteiger partial charge in [0, 0.05) is 25.4 Å². The SMILES string of the molecule is CCC(=O)N(CC(=O)NCCC(=O)NCC(=O)NC(C(=O)NCC(=O)NCOCC(C)(C)C(N)=O)C(C)C)C(C)C. The fourth-order valence-corrected chi connectivity index (χ4v) is 3.16. The van der Waals surface area contributed by atoms with Gasteiger partial charge in [-0.3, -0.25) is 33.6 Å². The highest BCUT2D eigenvalue weighted by molar-refractivity contribution is 5.92. The second-order valence-corrected chi connectivity index (χ2v) is 10.7. The van der Waals surface area contributed by atoms with Crippen molar-refractivity contribution in [2.75, 3.05) is 39.5 Å². The van der Waals surface area contributed by atoms with Crippen LogP contribution < -0.4 is 32.3 Å². The third-order valence-electron chi connectivity index (χ3n) is 5.87. The molecule has 0 bridgehead atoms. The van der Waals surface area contributed by atoms with Crippen molar-refractivity contribution >= 4 is 41.4 Å². The summed E-state index contributed by atoms with van der Waals surface area (Å²) in [5.74, 6) is -3.66. The van der Waals surface area contributed by atoms with Crippen molar-refractivity contribution in [3.05, 3.63) is 0 Å². The second kappa shape index (κ2) is 18.6. The van der Waals surface area contributed by atoms with Gasteiger partial charge in [-0.15, -0.1) is 0 Å². The highest BCUT2D eigenvalue weighted by Gasteiger charge is 2.26. The van der Waals surface area contributed by atoms with Crippen LogP contribution in [0.4, 0.5) is 0 Å². The Balaban J connectivity index is 4.45. The molecule has 41 heavy (non-hydrogen) atoms. The number of ether oxygens (including phenoxy) is 1. The number of hydrogen-bond donors (Lipinski definition) is 6. The third kappa shape index (κ3) is 15.6. The summed E-state index contributed by atoms with van der Waals surface area (Å²) >= 11 is 0. The minimum absolute atomic E-state index is 0.000147. The molecule has 0 spiro atoms. The number of nitrogens with two attached hydrogens (primary N) is 1. The predicted octanol–water partition coefficient (Wildman–Crippen LogP) is -1.89. The Kier molecular flexibility index (Phi) is 16.9. The van der Waals surface area contributed by atoms with E-state index in [9.17, 15) is 33.6 Å². The first-order valence-corrected chi connectivity index (χ1v) is 13.6. The lowest BCUT2D eigenvalue weighted by Crippen LogP contribution is -2.53. The van der Waals surface area contributed by atoms with Gasteiger partial charge < -0.3 is 42.0 Å². The molecule has 0 aliphatic rings. The van der Waals surface area contributed by atoms with Crippen LogP contribution in [0.25, 0.3) is 0 Å². The normalized spacial score (nSPS) is 11.8. The van der Waals surface area contributed by atoms with Gasteiger partial charge in [-0.25, -0.2) is 0 Å². The van der Waals surface area contributed by atoms with Gasteiger partial charge in [-0.1, -0.05) is 20.8 Å². The van der Waals surface area contributed by atoms with Crippen LogP contribution in [0, 0.1) is 11.3 Å². The van der Waals surface area contributed by atoms with Crippen LogP contribution in [0.3, 0.4) is 0 Å². The van der Waals surface area contributed by atoms with Crippen molar-refractivity contribution in [2.45, 2.75) is 73.4 Å². The van der Waals surface area contributed by atoms with E-state index in [1.165, 1.54) is 4.90 Å². The van der Waals surface area contributed by atoms with Gasteiger partial charge in [0.05, 0.1) is 31.7 Å². The molecule has 0 saturated heterocycles. The summed E-state index contributed by atoms with van der Waals surface area (Å²) in [6, 6.07) is -1.11. The Bertz CT molecular complexity index is 937. The molecule has 234 valence electrons. The summed E-state index contributed by atoms with van der Waals surface area (Å²) in [6.07, 6.45) is 0.189. The van der Waals surface area contributed by atoms with Crippen molar-refractivity contribution in [2.24, 2.45) is 17.1 Å². The minimum atomic E-state index is -0.964. The second-order valence-electron chi connectivity index (χ2n) is 10.7. The lowest BCUT2D eigenvalue weighted by atomic mass is 9.94. The molecule has 1 unspecified atom stereocenters. The van der Waals surface area contributed by atoms with E-state index in [2.05, 4.69) is 26.6 Å². The zero-order valence-corrected chi connectivity index (χ0v) is 25.2. The minimum Gasteiger partial charge on any atom is -0.369 e. The summed E-state index contributed by atoms with van der Waals surface area (Å²) in [5.41, 5.74) is 4.35. The van der Waals surface area contributed by atoms with Gasteiger partial charge in [0.25, 0.3) is 0 Å². The molecular weight excluding hydrogens is 538 g/mol. The summed E-state index contributed by atoms with van der Waals surface area (Å²) in [5, 5.41) is 12.4. The van der Waals surface area contributed by atoms with Crippen molar-refractivity contribution in [3.63, 3.8) is 0 Å². The standard InChI is InChI=1S/C26H47N7O8/c1-8-22(38)33(17(4)5)13-21(37)28-10-9-18(34)29-12-20(36)32-23(16(2)3)24(39)30-11-19(35)31-15-41-14-26(6,7)25(27)40/h16-17,23H,8-15H2,1-7H3,(H2,27,40)(H,28,37)(H,29,34)(H,30,39)(H,31,35)(H,32,36). The number of carbonyl (C=O) groups is 7. The number of rotatable bonds is 19. The van der Waals surface area contributed by atoms with Gasteiger partial charge in [0.2, 0.25) is 41.4 Å². The van der Waals surface area contributed by atoms with Gasteiger partial charge in [0.15, 0.2) is 0 Å². The van der Waals surface area contributed by atoms with E-state index in [4.69, 9.17) is 10.5 Å². The third-order valence-corrected chi connectivity index (χ3v) is 5.87. The van der Waals surface area contributed by atoms with E-state index in [0.717, 1.165) is 0 Å². The Hall–Kier alpha value is -3.75. The zero-order chi connectivity index (χ0) is 31.8. The van der Waals surface area contributed by atoms with Crippen molar-refractivity contribution in [3.8, 4) is 0 Å². The molecule has 0 aromatic heterocycles. The topological polar surface area (TPSA) is 218 Å². The first-order chi connectivity index (χ1) is 19.0. The smallest absolute Gasteiger partial charge is 0.243 e. The molecule has 15 heteroatoms. The maximum atomic E-state index is 12.5. The summed E-state index contributed by atoms with van der Waals surface area (Å²) in [6.45, 7) is 10.9. The molecule has 0 saturated carbocycles.